The number of ether oxygens (including phenoxy) is 3. The molecular formula is C9H15NO5. The number of rotatable bonds is 6. The predicted octanol–water partition coefficient (Wildman–Crippen LogP) is -0.418. The van der Waals surface area contributed by atoms with Gasteiger partial charge in [-0.05, 0) is 13.0 Å². The lowest BCUT2D eigenvalue weighted by atomic mass is 10.4. The van der Waals surface area contributed by atoms with Crippen LogP contribution in [0.3, 0.4) is 0 Å². The van der Waals surface area contributed by atoms with Gasteiger partial charge in [-0.2, -0.15) is 0 Å². The van der Waals surface area contributed by atoms with Gasteiger partial charge in [-0.15, -0.1) is 0 Å². The van der Waals surface area contributed by atoms with Crippen LogP contribution >= 0.6 is 0 Å². The number of esters is 2. The predicted molar refractivity (Wildman–Crippen MR) is 51.7 cm³/mol. The number of carbonyl (C=O) groups is 2. The number of carbonyl (C=O) groups excluding carboxylic acids is 2. The van der Waals surface area contributed by atoms with Crippen molar-refractivity contribution in [3.63, 3.8) is 0 Å². The molecule has 0 radical (unpaired) electrons. The summed E-state index contributed by atoms with van der Waals surface area (Å²) in [5.74, 6) is -1.58. The number of methoxy groups -OCH3 is 2. The second-order valence-electron chi connectivity index (χ2n) is 2.51. The SMILES string of the molecule is COC(=O)/C=C(/OCCCN)C(=O)OC. The molecule has 6 heteroatoms. The van der Waals surface area contributed by atoms with Crippen LogP contribution in [0.5, 0.6) is 0 Å². The van der Waals surface area contributed by atoms with Crippen LogP contribution in [0.1, 0.15) is 6.42 Å². The molecule has 15 heavy (non-hydrogen) atoms. The van der Waals surface area contributed by atoms with E-state index in [-0.39, 0.29) is 12.4 Å². The molecule has 0 atom stereocenters. The van der Waals surface area contributed by atoms with E-state index in [0.717, 1.165) is 6.08 Å². The van der Waals surface area contributed by atoms with Crippen molar-refractivity contribution in [2.24, 2.45) is 5.73 Å². The van der Waals surface area contributed by atoms with Crippen LogP contribution in [-0.4, -0.2) is 39.3 Å². The third-order valence-corrected chi connectivity index (χ3v) is 1.44. The van der Waals surface area contributed by atoms with E-state index >= 15 is 0 Å². The summed E-state index contributed by atoms with van der Waals surface area (Å²) in [5.41, 5.74) is 5.24. The maximum atomic E-state index is 11.1. The zero-order valence-corrected chi connectivity index (χ0v) is 8.82. The van der Waals surface area contributed by atoms with Gasteiger partial charge in [0.1, 0.15) is 0 Å². The van der Waals surface area contributed by atoms with Gasteiger partial charge in [-0.3, -0.25) is 0 Å². The van der Waals surface area contributed by atoms with Crippen molar-refractivity contribution in [1.29, 1.82) is 0 Å². The standard InChI is InChI=1S/C9H15NO5/c1-13-8(11)6-7(9(12)14-2)15-5-3-4-10/h6H,3-5,10H2,1-2H3/b7-6+. The number of nitrogens with two attached hydrogens (primary N) is 1. The first-order valence-electron chi connectivity index (χ1n) is 4.36. The van der Waals surface area contributed by atoms with Gasteiger partial charge in [0.2, 0.25) is 5.76 Å². The smallest absolute Gasteiger partial charge is 0.373 e. The quantitative estimate of drug-likeness (QED) is 0.281. The fourth-order valence-electron chi connectivity index (χ4n) is 0.692. The lowest BCUT2D eigenvalue weighted by Crippen LogP contribution is -2.13. The first-order chi connectivity index (χ1) is 7.15. The summed E-state index contributed by atoms with van der Waals surface area (Å²) in [6.45, 7) is 0.682. The lowest BCUT2D eigenvalue weighted by Gasteiger charge is -2.07. The molecule has 2 N–H and O–H groups in total. The van der Waals surface area contributed by atoms with Crippen LogP contribution in [-0.2, 0) is 23.8 Å². The Morgan fingerprint density at radius 1 is 1.27 bits per heavy atom. The Hall–Kier alpha value is -1.56. The summed E-state index contributed by atoms with van der Waals surface area (Å²) in [5, 5.41) is 0. The molecule has 0 unspecified atom stereocenters. The zero-order chi connectivity index (χ0) is 11.7. The van der Waals surface area contributed by atoms with Crippen LogP contribution in [0.25, 0.3) is 0 Å². The lowest BCUT2D eigenvalue weighted by molar-refractivity contribution is -0.142. The third kappa shape index (κ3) is 5.69. The molecule has 0 aliphatic rings. The van der Waals surface area contributed by atoms with Gasteiger partial charge in [0, 0.05) is 0 Å². The highest BCUT2D eigenvalue weighted by atomic mass is 16.6. The molecule has 0 amide bonds. The van der Waals surface area contributed by atoms with E-state index in [1.807, 2.05) is 0 Å². The van der Waals surface area contributed by atoms with Gasteiger partial charge in [0.25, 0.3) is 0 Å². The molecule has 0 rings (SSSR count). The van der Waals surface area contributed by atoms with Crippen LogP contribution in [0.4, 0.5) is 0 Å². The number of hydrogen-bond acceptors (Lipinski definition) is 6. The van der Waals surface area contributed by atoms with E-state index in [9.17, 15) is 9.59 Å². The van der Waals surface area contributed by atoms with E-state index in [0.29, 0.717) is 13.0 Å². The van der Waals surface area contributed by atoms with Crippen molar-refractivity contribution in [2.45, 2.75) is 6.42 Å². The van der Waals surface area contributed by atoms with Gasteiger partial charge >= 0.3 is 11.9 Å². The Morgan fingerprint density at radius 2 is 1.93 bits per heavy atom. The highest BCUT2D eigenvalue weighted by Crippen LogP contribution is 2.01. The minimum Gasteiger partial charge on any atom is -0.486 e. The fraction of sp³-hybridized carbons (Fsp3) is 0.556. The van der Waals surface area contributed by atoms with Gasteiger partial charge in [-0.25, -0.2) is 9.59 Å². The van der Waals surface area contributed by atoms with Gasteiger partial charge in [0.15, 0.2) is 0 Å². The molecule has 6 nitrogen and oxygen atoms in total. The average molecular weight is 217 g/mol. The highest BCUT2D eigenvalue weighted by Gasteiger charge is 2.13. The van der Waals surface area contributed by atoms with E-state index < -0.39 is 11.9 Å². The Bertz CT molecular complexity index is 249. The van der Waals surface area contributed by atoms with Crippen molar-refractivity contribution in [3.8, 4) is 0 Å². The van der Waals surface area contributed by atoms with Crippen molar-refractivity contribution < 1.29 is 23.8 Å². The molecule has 0 aromatic heterocycles. The largest absolute Gasteiger partial charge is 0.486 e. The molecule has 0 aliphatic heterocycles. The molecule has 0 aromatic rings. The Kier molecular flexibility index (Phi) is 7.00. The zero-order valence-electron chi connectivity index (χ0n) is 8.82. The summed E-state index contributed by atoms with van der Waals surface area (Å²) >= 11 is 0. The van der Waals surface area contributed by atoms with Crippen molar-refractivity contribution in [3.05, 3.63) is 11.8 Å². The third-order valence-electron chi connectivity index (χ3n) is 1.44. The van der Waals surface area contributed by atoms with Gasteiger partial charge in [0.05, 0.1) is 26.9 Å². The molecule has 0 bridgehead atoms. The summed E-state index contributed by atoms with van der Waals surface area (Å²) in [6, 6.07) is 0. The summed E-state index contributed by atoms with van der Waals surface area (Å²) < 4.78 is 13.8. The molecule has 0 fully saturated rings. The van der Waals surface area contributed by atoms with Crippen LogP contribution in [0.15, 0.2) is 11.8 Å². The molecule has 0 aliphatic carbocycles. The second kappa shape index (κ2) is 7.81. The summed E-state index contributed by atoms with van der Waals surface area (Å²) in [6.07, 6.45) is 1.51. The van der Waals surface area contributed by atoms with E-state index in [4.69, 9.17) is 10.5 Å². The summed E-state index contributed by atoms with van der Waals surface area (Å²) in [7, 11) is 2.40. The summed E-state index contributed by atoms with van der Waals surface area (Å²) in [4.78, 5) is 22.0. The van der Waals surface area contributed by atoms with E-state index in [2.05, 4.69) is 9.47 Å². The van der Waals surface area contributed by atoms with Crippen molar-refractivity contribution in [1.82, 2.24) is 0 Å². The Labute approximate surface area is 88.0 Å². The number of hydrogen-bond donors (Lipinski definition) is 1. The van der Waals surface area contributed by atoms with E-state index in [1.165, 1.54) is 14.2 Å². The van der Waals surface area contributed by atoms with Crippen LogP contribution < -0.4 is 5.73 Å². The molecular weight excluding hydrogens is 202 g/mol. The molecule has 0 spiro atoms. The topological polar surface area (TPSA) is 87.9 Å². The fourth-order valence-corrected chi connectivity index (χ4v) is 0.692. The minimum atomic E-state index is -0.725. The molecule has 0 saturated carbocycles. The van der Waals surface area contributed by atoms with Crippen LogP contribution in [0, 0.1) is 0 Å². The van der Waals surface area contributed by atoms with Gasteiger partial charge < -0.3 is 19.9 Å². The van der Waals surface area contributed by atoms with Crippen LogP contribution in [0.2, 0.25) is 0 Å². The average Bonchev–Trinajstić information content (AvgIpc) is 2.26. The molecule has 0 saturated heterocycles. The maximum Gasteiger partial charge on any atom is 0.373 e. The highest BCUT2D eigenvalue weighted by molar-refractivity contribution is 5.94. The first-order valence-corrected chi connectivity index (χ1v) is 4.36. The van der Waals surface area contributed by atoms with Gasteiger partial charge in [-0.1, -0.05) is 0 Å². The maximum absolute atomic E-state index is 11.1. The monoisotopic (exact) mass is 217 g/mol. The first kappa shape index (κ1) is 13.4. The molecule has 86 valence electrons. The minimum absolute atomic E-state index is 0.183. The van der Waals surface area contributed by atoms with Crippen molar-refractivity contribution in [2.75, 3.05) is 27.4 Å². The Morgan fingerprint density at radius 3 is 2.40 bits per heavy atom. The molecule has 0 aromatic carbocycles. The molecule has 0 heterocycles. The van der Waals surface area contributed by atoms with Crippen molar-refractivity contribution >= 4 is 11.9 Å². The van der Waals surface area contributed by atoms with E-state index in [1.54, 1.807) is 0 Å². The second-order valence-corrected chi connectivity index (χ2v) is 2.51. The normalized spacial score (nSPS) is 10.7. The Balaban J connectivity index is 4.37.